The maximum absolute atomic E-state index is 11.3. The predicted octanol–water partition coefficient (Wildman–Crippen LogP) is 1.10. The number of fused-ring (bicyclic) bond motifs is 1. The van der Waals surface area contributed by atoms with Crippen LogP contribution in [0.5, 0.6) is 0 Å². The van der Waals surface area contributed by atoms with Gasteiger partial charge < -0.3 is 4.42 Å². The number of aryl methyl sites for hydroxylation is 2. The van der Waals surface area contributed by atoms with E-state index in [2.05, 4.69) is 9.40 Å². The Kier molecular flexibility index (Phi) is 1.77. The topological polar surface area (TPSA) is 63.1 Å². The molecule has 2 rings (SSSR count). The van der Waals surface area contributed by atoms with Gasteiger partial charge in [-0.05, 0) is 37.1 Å². The van der Waals surface area contributed by atoms with Crippen molar-refractivity contribution < 1.29 is 4.42 Å². The van der Waals surface area contributed by atoms with E-state index < -0.39 is 11.4 Å². The summed E-state index contributed by atoms with van der Waals surface area (Å²) < 4.78 is 4.42. The van der Waals surface area contributed by atoms with E-state index in [4.69, 9.17) is 0 Å². The summed E-state index contributed by atoms with van der Waals surface area (Å²) in [5.41, 5.74) is 1.96. The molecule has 4 heteroatoms. The average Bonchev–Trinajstić information content (AvgIpc) is 2.08. The summed E-state index contributed by atoms with van der Waals surface area (Å²) in [5.74, 6) is -0.717. The van der Waals surface area contributed by atoms with E-state index in [0.717, 1.165) is 11.1 Å². The average molecular weight is 191 g/mol. The van der Waals surface area contributed by atoms with Crippen LogP contribution in [0.4, 0.5) is 0 Å². The smallest absolute Gasteiger partial charge is 0.372 e. The van der Waals surface area contributed by atoms with Gasteiger partial charge in [-0.25, -0.2) is 9.59 Å². The number of aromatic nitrogens is 1. The molecule has 1 heterocycles. The monoisotopic (exact) mass is 191 g/mol. The summed E-state index contributed by atoms with van der Waals surface area (Å²) in [6.07, 6.45) is 0. The fourth-order valence-electron chi connectivity index (χ4n) is 1.36. The number of rotatable bonds is 0. The Morgan fingerprint density at radius 1 is 1.14 bits per heavy atom. The second kappa shape index (κ2) is 2.83. The third-order valence-corrected chi connectivity index (χ3v) is 2.28. The van der Waals surface area contributed by atoms with Crippen LogP contribution >= 0.6 is 0 Å². The first-order valence-corrected chi connectivity index (χ1v) is 4.22. The zero-order chi connectivity index (χ0) is 10.3. The number of hydrogen-bond donors (Lipinski definition) is 1. The lowest BCUT2D eigenvalue weighted by Gasteiger charge is -2.00. The van der Waals surface area contributed by atoms with E-state index in [9.17, 15) is 9.59 Å². The largest absolute Gasteiger partial charge is 0.419 e. The Hall–Kier alpha value is -1.84. The minimum Gasteiger partial charge on any atom is -0.372 e. The number of hydrogen-bond acceptors (Lipinski definition) is 3. The Balaban J connectivity index is 3.03. The molecule has 0 bridgehead atoms. The molecular formula is C10H9NO3. The number of H-pyrrole nitrogens is 1. The third kappa shape index (κ3) is 1.25. The molecule has 0 saturated carbocycles. The van der Waals surface area contributed by atoms with Gasteiger partial charge in [0.25, 0.3) is 0 Å². The molecule has 2 aromatic rings. The van der Waals surface area contributed by atoms with Crippen molar-refractivity contribution in [3.63, 3.8) is 0 Å². The quantitative estimate of drug-likeness (QED) is 0.678. The normalized spacial score (nSPS) is 10.7. The third-order valence-electron chi connectivity index (χ3n) is 2.28. The van der Waals surface area contributed by atoms with Crippen molar-refractivity contribution in [3.8, 4) is 0 Å². The van der Waals surface area contributed by atoms with E-state index in [1.165, 1.54) is 0 Å². The van der Waals surface area contributed by atoms with Crippen LogP contribution in [0.2, 0.25) is 0 Å². The summed E-state index contributed by atoms with van der Waals surface area (Å²) in [6.45, 7) is 3.82. The molecule has 1 aromatic carbocycles. The molecule has 14 heavy (non-hydrogen) atoms. The SMILES string of the molecule is Cc1cc2[nH]c(=O)oc(=O)c2cc1C. The number of nitrogens with one attached hydrogen (secondary N) is 1. The molecule has 0 amide bonds. The Morgan fingerprint density at radius 3 is 2.50 bits per heavy atom. The predicted molar refractivity (Wildman–Crippen MR) is 52.6 cm³/mol. The molecule has 0 spiro atoms. The van der Waals surface area contributed by atoms with Crippen molar-refractivity contribution in [3.05, 3.63) is 44.2 Å². The van der Waals surface area contributed by atoms with Crippen LogP contribution in [0.3, 0.4) is 0 Å². The summed E-state index contributed by atoms with van der Waals surface area (Å²) in [4.78, 5) is 24.6. The van der Waals surface area contributed by atoms with Crippen molar-refractivity contribution in [2.45, 2.75) is 13.8 Å². The maximum Gasteiger partial charge on any atom is 0.419 e. The molecule has 0 radical (unpaired) electrons. The summed E-state index contributed by atoms with van der Waals surface area (Å²) in [7, 11) is 0. The molecule has 0 aliphatic heterocycles. The molecule has 1 aromatic heterocycles. The first-order chi connectivity index (χ1) is 6.58. The molecule has 1 N–H and O–H groups in total. The Labute approximate surface area is 79.2 Å². The highest BCUT2D eigenvalue weighted by atomic mass is 16.4. The molecule has 0 aliphatic rings. The summed E-state index contributed by atoms with van der Waals surface area (Å²) >= 11 is 0. The first kappa shape index (κ1) is 8.74. The zero-order valence-corrected chi connectivity index (χ0v) is 7.88. The van der Waals surface area contributed by atoms with Crippen molar-refractivity contribution >= 4 is 10.9 Å². The van der Waals surface area contributed by atoms with Crippen LogP contribution in [-0.2, 0) is 0 Å². The van der Waals surface area contributed by atoms with E-state index in [0.29, 0.717) is 10.9 Å². The van der Waals surface area contributed by atoms with Crippen LogP contribution in [0.15, 0.2) is 26.1 Å². The second-order valence-corrected chi connectivity index (χ2v) is 3.28. The van der Waals surface area contributed by atoms with Gasteiger partial charge in [0.05, 0.1) is 10.9 Å². The first-order valence-electron chi connectivity index (χ1n) is 4.22. The van der Waals surface area contributed by atoms with E-state index in [1.807, 2.05) is 13.8 Å². The van der Waals surface area contributed by atoms with Crippen LogP contribution in [0.25, 0.3) is 10.9 Å². The molecule has 0 atom stereocenters. The van der Waals surface area contributed by atoms with Crippen LogP contribution in [-0.4, -0.2) is 4.98 Å². The lowest BCUT2D eigenvalue weighted by Crippen LogP contribution is -2.14. The Morgan fingerprint density at radius 2 is 1.79 bits per heavy atom. The molecule has 0 unspecified atom stereocenters. The van der Waals surface area contributed by atoms with Gasteiger partial charge >= 0.3 is 11.4 Å². The van der Waals surface area contributed by atoms with Gasteiger partial charge in [0.15, 0.2) is 0 Å². The fraction of sp³-hybridized carbons (Fsp3) is 0.200. The number of benzene rings is 1. The minimum absolute atomic E-state index is 0.410. The minimum atomic E-state index is -0.717. The molecule has 0 aliphatic carbocycles. The van der Waals surface area contributed by atoms with Crippen molar-refractivity contribution in [2.75, 3.05) is 0 Å². The fourth-order valence-corrected chi connectivity index (χ4v) is 1.36. The number of aromatic amines is 1. The van der Waals surface area contributed by atoms with E-state index >= 15 is 0 Å². The molecule has 0 fully saturated rings. The van der Waals surface area contributed by atoms with E-state index in [1.54, 1.807) is 12.1 Å². The van der Waals surface area contributed by atoms with Crippen LogP contribution in [0, 0.1) is 13.8 Å². The lowest BCUT2D eigenvalue weighted by atomic mass is 10.1. The highest BCUT2D eigenvalue weighted by Crippen LogP contribution is 2.12. The summed E-state index contributed by atoms with van der Waals surface area (Å²) in [6, 6.07) is 3.48. The summed E-state index contributed by atoms with van der Waals surface area (Å²) in [5, 5.41) is 0.410. The van der Waals surface area contributed by atoms with Gasteiger partial charge in [0.1, 0.15) is 0 Å². The van der Waals surface area contributed by atoms with Gasteiger partial charge in [-0.1, -0.05) is 0 Å². The highest BCUT2D eigenvalue weighted by molar-refractivity contribution is 5.78. The molecular weight excluding hydrogens is 182 g/mol. The standard InChI is InChI=1S/C10H9NO3/c1-5-3-7-8(4-6(5)2)11-10(13)14-9(7)12/h3-4H,1-2H3,(H,11,13). The Bertz CT molecular complexity index is 607. The van der Waals surface area contributed by atoms with Gasteiger partial charge in [-0.15, -0.1) is 0 Å². The van der Waals surface area contributed by atoms with Gasteiger partial charge in [-0.3, -0.25) is 4.98 Å². The highest BCUT2D eigenvalue weighted by Gasteiger charge is 2.04. The zero-order valence-electron chi connectivity index (χ0n) is 7.88. The molecule has 72 valence electrons. The van der Waals surface area contributed by atoms with Gasteiger partial charge in [-0.2, -0.15) is 0 Å². The van der Waals surface area contributed by atoms with Crippen molar-refractivity contribution in [2.24, 2.45) is 0 Å². The van der Waals surface area contributed by atoms with Gasteiger partial charge in [0.2, 0.25) is 0 Å². The van der Waals surface area contributed by atoms with Crippen LogP contribution < -0.4 is 11.4 Å². The van der Waals surface area contributed by atoms with Crippen LogP contribution in [0.1, 0.15) is 11.1 Å². The second-order valence-electron chi connectivity index (χ2n) is 3.28. The van der Waals surface area contributed by atoms with E-state index in [-0.39, 0.29) is 0 Å². The van der Waals surface area contributed by atoms with Gasteiger partial charge in [0, 0.05) is 0 Å². The molecule has 0 saturated heterocycles. The lowest BCUT2D eigenvalue weighted by molar-refractivity contribution is 0.460. The molecule has 4 nitrogen and oxygen atoms in total. The van der Waals surface area contributed by atoms with Crippen molar-refractivity contribution in [1.82, 2.24) is 4.98 Å². The maximum atomic E-state index is 11.3. The van der Waals surface area contributed by atoms with Crippen molar-refractivity contribution in [1.29, 1.82) is 0 Å².